The molecule has 0 unspecified atom stereocenters. The number of nitrogens with zero attached hydrogens (tertiary/aromatic N) is 2. The molecule has 0 bridgehead atoms. The third-order valence-electron chi connectivity index (χ3n) is 5.57. The van der Waals surface area contributed by atoms with Gasteiger partial charge in [-0.25, -0.2) is 0 Å². The maximum atomic E-state index is 9.55. The molecule has 0 fully saturated rings. The van der Waals surface area contributed by atoms with E-state index >= 15 is 0 Å². The maximum Gasteiger partial charge on any atom is 0.119 e. The van der Waals surface area contributed by atoms with Gasteiger partial charge in [-0.15, -0.1) is 0 Å². The maximum absolute atomic E-state index is 9.55. The van der Waals surface area contributed by atoms with Crippen LogP contribution in [0.3, 0.4) is 0 Å². The lowest BCUT2D eigenvalue weighted by atomic mass is 10.00. The van der Waals surface area contributed by atoms with Crippen LogP contribution in [-0.2, 0) is 0 Å². The lowest BCUT2D eigenvalue weighted by molar-refractivity contribution is 0.242. The molecular weight excluding hydrogens is 422 g/mol. The first-order chi connectivity index (χ1) is 16.5. The van der Waals surface area contributed by atoms with Crippen molar-refractivity contribution in [1.29, 1.82) is 0 Å². The molecule has 0 atom stereocenters. The fourth-order valence-electron chi connectivity index (χ4n) is 3.89. The van der Waals surface area contributed by atoms with Gasteiger partial charge in [-0.05, 0) is 103 Å². The zero-order chi connectivity index (χ0) is 23.5. The summed E-state index contributed by atoms with van der Waals surface area (Å²) in [6.07, 6.45) is 3.95. The van der Waals surface area contributed by atoms with Gasteiger partial charge in [-0.1, -0.05) is 18.2 Å². The van der Waals surface area contributed by atoms with Crippen molar-refractivity contribution in [2.75, 3.05) is 0 Å². The number of nitrogens with one attached hydrogen (secondary N) is 1. The second-order valence-electron chi connectivity index (χ2n) is 8.45. The van der Waals surface area contributed by atoms with Gasteiger partial charge in [0.15, 0.2) is 0 Å². The van der Waals surface area contributed by atoms with E-state index < -0.39 is 0 Å². The molecule has 168 valence electrons. The molecule has 0 aliphatic rings. The molecule has 0 saturated heterocycles. The Morgan fingerprint density at radius 3 is 2.18 bits per heavy atom. The number of H-pyrrole nitrogens is 1. The first-order valence-corrected chi connectivity index (χ1v) is 11.2. The summed E-state index contributed by atoms with van der Waals surface area (Å²) >= 11 is 0. The minimum Gasteiger partial charge on any atom is -0.508 e. The van der Waals surface area contributed by atoms with E-state index in [1.807, 2.05) is 50.4 Å². The molecule has 3 aromatic carbocycles. The molecule has 2 N–H and O–H groups in total. The minimum absolute atomic E-state index is 0.156. The van der Waals surface area contributed by atoms with Crippen LogP contribution in [0, 0.1) is 0 Å². The molecule has 0 aliphatic heterocycles. The van der Waals surface area contributed by atoms with Crippen molar-refractivity contribution in [3.8, 4) is 56.3 Å². The van der Waals surface area contributed by atoms with Crippen LogP contribution in [-0.4, -0.2) is 26.4 Å². The lowest BCUT2D eigenvalue weighted by Gasteiger charge is -2.09. The number of benzene rings is 3. The largest absolute Gasteiger partial charge is 0.508 e. The Labute approximate surface area is 198 Å². The number of aromatic hydroxyl groups is 1. The molecule has 5 heteroatoms. The highest BCUT2D eigenvalue weighted by atomic mass is 16.5. The summed E-state index contributed by atoms with van der Waals surface area (Å²) in [6, 6.07) is 27.7. The van der Waals surface area contributed by atoms with Crippen LogP contribution in [0.1, 0.15) is 13.8 Å². The van der Waals surface area contributed by atoms with Crippen molar-refractivity contribution in [1.82, 2.24) is 15.2 Å². The van der Waals surface area contributed by atoms with E-state index in [2.05, 4.69) is 57.6 Å². The topological polar surface area (TPSA) is 71.0 Å². The molecule has 0 spiro atoms. The Morgan fingerprint density at radius 1 is 0.735 bits per heavy atom. The predicted octanol–water partition coefficient (Wildman–Crippen LogP) is 6.97. The van der Waals surface area contributed by atoms with Gasteiger partial charge in [-0.3, -0.25) is 0 Å². The van der Waals surface area contributed by atoms with Crippen molar-refractivity contribution in [2.24, 2.45) is 0 Å². The van der Waals surface area contributed by atoms with E-state index in [9.17, 15) is 5.11 Å². The Kier molecular flexibility index (Phi) is 5.83. The van der Waals surface area contributed by atoms with E-state index in [-0.39, 0.29) is 11.9 Å². The molecule has 0 radical (unpaired) electrons. The van der Waals surface area contributed by atoms with Crippen molar-refractivity contribution in [3.05, 3.63) is 97.3 Å². The lowest BCUT2D eigenvalue weighted by Crippen LogP contribution is -2.05. The fraction of sp³-hybridized carbons (Fsp3) is 0.103. The Morgan fingerprint density at radius 2 is 1.44 bits per heavy atom. The smallest absolute Gasteiger partial charge is 0.119 e. The first-order valence-electron chi connectivity index (χ1n) is 11.2. The molecule has 5 rings (SSSR count). The Bertz CT molecular complexity index is 1400. The van der Waals surface area contributed by atoms with Gasteiger partial charge in [0, 0.05) is 23.0 Å². The molecule has 5 nitrogen and oxygen atoms in total. The SMILES string of the molecule is CC(C)Oc1ccc(-c2cc(-c3cccc(-c4cnnc(-c5ccc(O)cc5)c4)c3)c[nH]2)cc1. The Balaban J connectivity index is 1.41. The highest BCUT2D eigenvalue weighted by Crippen LogP contribution is 2.31. The third-order valence-corrected chi connectivity index (χ3v) is 5.57. The first kappa shape index (κ1) is 21.5. The zero-order valence-electron chi connectivity index (χ0n) is 19.1. The van der Waals surface area contributed by atoms with Gasteiger partial charge < -0.3 is 14.8 Å². The zero-order valence-corrected chi connectivity index (χ0v) is 19.1. The van der Waals surface area contributed by atoms with E-state index in [0.717, 1.165) is 50.5 Å². The summed E-state index contributed by atoms with van der Waals surface area (Å²) in [5.74, 6) is 1.10. The fourth-order valence-corrected chi connectivity index (χ4v) is 3.89. The van der Waals surface area contributed by atoms with Crippen LogP contribution in [0.25, 0.3) is 44.8 Å². The number of aromatic amines is 1. The number of hydrogen-bond donors (Lipinski definition) is 2. The molecule has 0 aliphatic carbocycles. The van der Waals surface area contributed by atoms with Gasteiger partial charge in [0.05, 0.1) is 18.0 Å². The average Bonchev–Trinajstić information content (AvgIpc) is 3.35. The van der Waals surface area contributed by atoms with E-state index in [1.54, 1.807) is 18.3 Å². The molecular formula is C29H25N3O2. The summed E-state index contributed by atoms with van der Waals surface area (Å²) in [5, 5.41) is 18.0. The third kappa shape index (κ3) is 4.69. The molecule has 5 aromatic rings. The van der Waals surface area contributed by atoms with E-state index in [4.69, 9.17) is 4.74 Å². The normalized spacial score (nSPS) is 11.0. The van der Waals surface area contributed by atoms with Crippen molar-refractivity contribution in [2.45, 2.75) is 20.0 Å². The second-order valence-corrected chi connectivity index (χ2v) is 8.45. The second kappa shape index (κ2) is 9.24. The van der Waals surface area contributed by atoms with Crippen LogP contribution >= 0.6 is 0 Å². The van der Waals surface area contributed by atoms with Crippen molar-refractivity contribution >= 4 is 0 Å². The molecule has 2 aromatic heterocycles. The summed E-state index contributed by atoms with van der Waals surface area (Å²) < 4.78 is 5.75. The molecule has 2 heterocycles. The van der Waals surface area contributed by atoms with Crippen LogP contribution < -0.4 is 4.74 Å². The highest BCUT2D eigenvalue weighted by Gasteiger charge is 2.09. The Hall–Kier alpha value is -4.38. The summed E-state index contributed by atoms with van der Waals surface area (Å²) in [4.78, 5) is 3.39. The quantitative estimate of drug-likeness (QED) is 0.295. The molecule has 34 heavy (non-hydrogen) atoms. The predicted molar refractivity (Wildman–Crippen MR) is 136 cm³/mol. The van der Waals surface area contributed by atoms with Gasteiger partial charge in [0.2, 0.25) is 0 Å². The van der Waals surface area contributed by atoms with Crippen LogP contribution in [0.5, 0.6) is 11.5 Å². The monoisotopic (exact) mass is 447 g/mol. The summed E-state index contributed by atoms with van der Waals surface area (Å²) in [5.41, 5.74) is 8.09. The van der Waals surface area contributed by atoms with Crippen molar-refractivity contribution < 1.29 is 9.84 Å². The van der Waals surface area contributed by atoms with Crippen LogP contribution in [0.2, 0.25) is 0 Å². The number of phenolic OH excluding ortho intramolecular Hbond substituents is 1. The number of rotatable bonds is 6. The van der Waals surface area contributed by atoms with Crippen LogP contribution in [0.4, 0.5) is 0 Å². The van der Waals surface area contributed by atoms with Gasteiger partial charge >= 0.3 is 0 Å². The van der Waals surface area contributed by atoms with Gasteiger partial charge in [0.1, 0.15) is 11.5 Å². The van der Waals surface area contributed by atoms with E-state index in [0.29, 0.717) is 0 Å². The van der Waals surface area contributed by atoms with Crippen molar-refractivity contribution in [3.63, 3.8) is 0 Å². The number of phenols is 1. The van der Waals surface area contributed by atoms with Gasteiger partial charge in [-0.2, -0.15) is 10.2 Å². The highest BCUT2D eigenvalue weighted by molar-refractivity contribution is 5.77. The average molecular weight is 448 g/mol. The standard InChI is InChI=1S/C29H25N3O2/c1-19(2)34-27-12-8-20(9-13-27)28-15-24(17-30-28)22-4-3-5-23(14-22)25-16-29(32-31-18-25)21-6-10-26(33)11-7-21/h3-19,30,33H,1-2H3. The number of ether oxygens (including phenoxy) is 1. The summed E-state index contributed by atoms with van der Waals surface area (Å²) in [6.45, 7) is 4.05. The van der Waals surface area contributed by atoms with Crippen LogP contribution in [0.15, 0.2) is 97.3 Å². The number of hydrogen-bond acceptors (Lipinski definition) is 4. The molecule has 0 amide bonds. The van der Waals surface area contributed by atoms with E-state index in [1.165, 1.54) is 0 Å². The molecule has 0 saturated carbocycles. The summed E-state index contributed by atoms with van der Waals surface area (Å²) in [7, 11) is 0. The minimum atomic E-state index is 0.156. The van der Waals surface area contributed by atoms with Gasteiger partial charge in [0.25, 0.3) is 0 Å². The number of aromatic nitrogens is 3.